The molecule has 0 heterocycles. The van der Waals surface area contributed by atoms with E-state index in [4.69, 9.17) is 15.3 Å². The minimum absolute atomic E-state index is 0.353. The monoisotopic (exact) mass is 270 g/mol. The molecule has 0 aliphatic heterocycles. The van der Waals surface area contributed by atoms with E-state index in [1.807, 2.05) is 18.2 Å². The van der Waals surface area contributed by atoms with Crippen molar-refractivity contribution in [2.45, 2.75) is 38.5 Å². The lowest BCUT2D eigenvalue weighted by molar-refractivity contribution is 0.0600. The van der Waals surface area contributed by atoms with Crippen molar-refractivity contribution in [3.8, 4) is 12.1 Å². The third kappa shape index (κ3) is 5.12. The minimum Gasteiger partial charge on any atom is -0.465 e. The maximum atomic E-state index is 11.7. The third-order valence-corrected chi connectivity index (χ3v) is 2.98. The standard InChI is InChI=1S/C16H18N2O2/c1-20-16(19)15-11-13(6-2-4-8-17)10-14(12-15)7-3-5-9-18/h10-12H,2-7H2,1H3. The SMILES string of the molecule is COC(=O)c1cc(CCCC#N)cc(CCCC#N)c1. The molecule has 0 N–H and O–H groups in total. The van der Waals surface area contributed by atoms with E-state index in [1.165, 1.54) is 7.11 Å². The molecule has 0 radical (unpaired) electrons. The highest BCUT2D eigenvalue weighted by Crippen LogP contribution is 2.16. The summed E-state index contributed by atoms with van der Waals surface area (Å²) in [4.78, 5) is 11.7. The molecule has 0 aromatic heterocycles. The van der Waals surface area contributed by atoms with Gasteiger partial charge in [0.05, 0.1) is 24.8 Å². The molecule has 1 aromatic rings. The van der Waals surface area contributed by atoms with Crippen LogP contribution in [0.15, 0.2) is 18.2 Å². The number of unbranched alkanes of at least 4 members (excludes halogenated alkanes) is 2. The number of carbonyl (C=O) groups excluding carboxylic acids is 1. The zero-order chi connectivity index (χ0) is 14.8. The van der Waals surface area contributed by atoms with Crippen LogP contribution < -0.4 is 0 Å². The molecular formula is C16H18N2O2. The van der Waals surface area contributed by atoms with E-state index in [-0.39, 0.29) is 5.97 Å². The van der Waals surface area contributed by atoms with Gasteiger partial charge in [-0.15, -0.1) is 0 Å². The number of esters is 1. The summed E-state index contributed by atoms with van der Waals surface area (Å²) >= 11 is 0. The number of benzene rings is 1. The second-order valence-electron chi connectivity index (χ2n) is 4.55. The highest BCUT2D eigenvalue weighted by molar-refractivity contribution is 5.89. The van der Waals surface area contributed by atoms with E-state index in [0.29, 0.717) is 18.4 Å². The van der Waals surface area contributed by atoms with Gasteiger partial charge in [0.2, 0.25) is 0 Å². The second-order valence-corrected chi connectivity index (χ2v) is 4.55. The van der Waals surface area contributed by atoms with Crippen molar-refractivity contribution >= 4 is 5.97 Å². The summed E-state index contributed by atoms with van der Waals surface area (Å²) in [6.07, 6.45) is 4.10. The summed E-state index contributed by atoms with van der Waals surface area (Å²) in [5, 5.41) is 17.1. The molecule has 0 saturated carbocycles. The van der Waals surface area contributed by atoms with Gasteiger partial charge in [-0.2, -0.15) is 10.5 Å². The van der Waals surface area contributed by atoms with Crippen molar-refractivity contribution in [2.24, 2.45) is 0 Å². The normalized spacial score (nSPS) is 9.55. The fraction of sp³-hybridized carbons (Fsp3) is 0.438. The summed E-state index contributed by atoms with van der Waals surface area (Å²) in [5.74, 6) is -0.353. The molecule has 0 saturated heterocycles. The number of nitriles is 2. The molecule has 1 aromatic carbocycles. The fourth-order valence-electron chi connectivity index (χ4n) is 2.03. The van der Waals surface area contributed by atoms with Gasteiger partial charge in [0.25, 0.3) is 0 Å². The first-order valence-corrected chi connectivity index (χ1v) is 6.66. The Hall–Kier alpha value is -2.33. The third-order valence-electron chi connectivity index (χ3n) is 2.98. The van der Waals surface area contributed by atoms with Crippen LogP contribution in [0.25, 0.3) is 0 Å². The van der Waals surface area contributed by atoms with Crippen LogP contribution in [-0.2, 0) is 17.6 Å². The molecule has 0 aliphatic rings. The van der Waals surface area contributed by atoms with Crippen molar-refractivity contribution in [2.75, 3.05) is 7.11 Å². The van der Waals surface area contributed by atoms with E-state index in [2.05, 4.69) is 12.1 Å². The van der Waals surface area contributed by atoms with Crippen molar-refractivity contribution in [3.05, 3.63) is 34.9 Å². The number of rotatable bonds is 7. The first kappa shape index (κ1) is 15.7. The molecule has 4 nitrogen and oxygen atoms in total. The summed E-state index contributed by atoms with van der Waals surface area (Å²) in [7, 11) is 1.36. The molecule has 1 rings (SSSR count). The maximum Gasteiger partial charge on any atom is 0.337 e. The van der Waals surface area contributed by atoms with Gasteiger partial charge in [0, 0.05) is 12.8 Å². The van der Waals surface area contributed by atoms with Gasteiger partial charge < -0.3 is 4.74 Å². The van der Waals surface area contributed by atoms with Gasteiger partial charge in [-0.05, 0) is 48.9 Å². The largest absolute Gasteiger partial charge is 0.465 e. The Bertz CT molecular complexity index is 500. The van der Waals surface area contributed by atoms with Gasteiger partial charge in [-0.1, -0.05) is 6.07 Å². The van der Waals surface area contributed by atoms with Crippen LogP contribution in [0.5, 0.6) is 0 Å². The zero-order valence-corrected chi connectivity index (χ0v) is 11.7. The van der Waals surface area contributed by atoms with Gasteiger partial charge >= 0.3 is 5.97 Å². The molecular weight excluding hydrogens is 252 g/mol. The molecule has 0 aliphatic carbocycles. The van der Waals surface area contributed by atoms with E-state index in [0.717, 1.165) is 36.8 Å². The average Bonchev–Trinajstić information content (AvgIpc) is 2.47. The lowest BCUT2D eigenvalue weighted by Crippen LogP contribution is -2.04. The molecule has 0 atom stereocenters. The van der Waals surface area contributed by atoms with Gasteiger partial charge in [0.15, 0.2) is 0 Å². The summed E-state index contributed by atoms with van der Waals surface area (Å²) < 4.78 is 4.75. The lowest BCUT2D eigenvalue weighted by Gasteiger charge is -2.08. The molecule has 0 bridgehead atoms. The Kier molecular flexibility index (Phi) is 6.85. The highest BCUT2D eigenvalue weighted by Gasteiger charge is 2.09. The van der Waals surface area contributed by atoms with Crippen molar-refractivity contribution in [1.29, 1.82) is 10.5 Å². The van der Waals surface area contributed by atoms with Crippen molar-refractivity contribution in [3.63, 3.8) is 0 Å². The van der Waals surface area contributed by atoms with Gasteiger partial charge in [-0.3, -0.25) is 0 Å². The number of nitrogens with zero attached hydrogens (tertiary/aromatic N) is 2. The van der Waals surface area contributed by atoms with Gasteiger partial charge in [-0.25, -0.2) is 4.79 Å². The number of aryl methyl sites for hydroxylation is 2. The molecule has 20 heavy (non-hydrogen) atoms. The van der Waals surface area contributed by atoms with Crippen LogP contribution in [0.4, 0.5) is 0 Å². The molecule has 0 amide bonds. The van der Waals surface area contributed by atoms with Crippen LogP contribution in [-0.4, -0.2) is 13.1 Å². The Morgan fingerprint density at radius 1 is 1.05 bits per heavy atom. The van der Waals surface area contributed by atoms with Crippen LogP contribution >= 0.6 is 0 Å². The predicted molar refractivity (Wildman–Crippen MR) is 74.9 cm³/mol. The molecule has 4 heteroatoms. The van der Waals surface area contributed by atoms with Gasteiger partial charge in [0.1, 0.15) is 0 Å². The Morgan fingerprint density at radius 3 is 1.95 bits per heavy atom. The number of hydrogen-bond donors (Lipinski definition) is 0. The van der Waals surface area contributed by atoms with Crippen LogP contribution in [0.1, 0.15) is 47.2 Å². The fourth-order valence-corrected chi connectivity index (χ4v) is 2.03. The Labute approximate surface area is 119 Å². The van der Waals surface area contributed by atoms with E-state index < -0.39 is 0 Å². The Morgan fingerprint density at radius 2 is 1.55 bits per heavy atom. The van der Waals surface area contributed by atoms with Crippen LogP contribution in [0.3, 0.4) is 0 Å². The number of hydrogen-bond acceptors (Lipinski definition) is 4. The topological polar surface area (TPSA) is 73.9 Å². The van der Waals surface area contributed by atoms with Crippen LogP contribution in [0, 0.1) is 22.7 Å². The van der Waals surface area contributed by atoms with Crippen molar-refractivity contribution in [1.82, 2.24) is 0 Å². The predicted octanol–water partition coefficient (Wildman–Crippen LogP) is 3.17. The molecule has 0 spiro atoms. The second kappa shape index (κ2) is 8.72. The quantitative estimate of drug-likeness (QED) is 0.563. The minimum atomic E-state index is -0.353. The number of ether oxygens (including phenoxy) is 1. The zero-order valence-electron chi connectivity index (χ0n) is 11.7. The average molecular weight is 270 g/mol. The lowest BCUT2D eigenvalue weighted by atomic mass is 9.98. The van der Waals surface area contributed by atoms with E-state index in [1.54, 1.807) is 0 Å². The van der Waals surface area contributed by atoms with Crippen molar-refractivity contribution < 1.29 is 9.53 Å². The number of carbonyl (C=O) groups is 1. The smallest absolute Gasteiger partial charge is 0.337 e. The molecule has 0 fully saturated rings. The highest BCUT2D eigenvalue weighted by atomic mass is 16.5. The Balaban J connectivity index is 2.87. The molecule has 0 unspecified atom stereocenters. The van der Waals surface area contributed by atoms with E-state index >= 15 is 0 Å². The molecule has 104 valence electrons. The van der Waals surface area contributed by atoms with Crippen LogP contribution in [0.2, 0.25) is 0 Å². The number of methoxy groups -OCH3 is 1. The first-order valence-electron chi connectivity index (χ1n) is 6.66. The summed E-state index contributed by atoms with van der Waals surface area (Å²) in [6, 6.07) is 9.91. The summed E-state index contributed by atoms with van der Waals surface area (Å²) in [5.41, 5.74) is 2.61. The van der Waals surface area contributed by atoms with E-state index in [9.17, 15) is 4.79 Å². The summed E-state index contributed by atoms with van der Waals surface area (Å²) in [6.45, 7) is 0. The first-order chi connectivity index (χ1) is 9.71. The maximum absolute atomic E-state index is 11.7.